The molecule has 1 aromatic carbocycles. The number of carbonyl (C=O) groups is 1. The van der Waals surface area contributed by atoms with E-state index in [0.29, 0.717) is 12.3 Å². The van der Waals surface area contributed by atoms with Crippen LogP contribution in [0.3, 0.4) is 0 Å². The van der Waals surface area contributed by atoms with Crippen molar-refractivity contribution < 1.29 is 4.79 Å². The average molecular weight is 232 g/mol. The van der Waals surface area contributed by atoms with E-state index in [1.54, 1.807) is 0 Å². The summed E-state index contributed by atoms with van der Waals surface area (Å²) in [6.07, 6.45) is 0.592. The van der Waals surface area contributed by atoms with Crippen molar-refractivity contribution in [3.63, 3.8) is 0 Å². The van der Waals surface area contributed by atoms with Crippen LogP contribution in [0.15, 0.2) is 30.3 Å². The molecule has 2 N–H and O–H groups in total. The van der Waals surface area contributed by atoms with E-state index < -0.39 is 0 Å². The molecule has 2 rings (SSSR count). The number of benzene rings is 1. The van der Waals surface area contributed by atoms with Crippen molar-refractivity contribution in [1.29, 1.82) is 0 Å². The van der Waals surface area contributed by atoms with Crippen molar-refractivity contribution in [1.82, 2.24) is 4.90 Å². The third-order valence-electron chi connectivity index (χ3n) is 3.68. The van der Waals surface area contributed by atoms with Gasteiger partial charge in [-0.05, 0) is 19.4 Å². The second kappa shape index (κ2) is 4.88. The van der Waals surface area contributed by atoms with Crippen LogP contribution >= 0.6 is 0 Å². The van der Waals surface area contributed by atoms with E-state index in [1.165, 1.54) is 5.56 Å². The molecule has 0 bridgehead atoms. The monoisotopic (exact) mass is 232 g/mol. The van der Waals surface area contributed by atoms with Gasteiger partial charge in [-0.2, -0.15) is 0 Å². The number of nitrogens with zero attached hydrogens (tertiary/aromatic N) is 1. The maximum atomic E-state index is 12.0. The molecule has 3 atom stereocenters. The summed E-state index contributed by atoms with van der Waals surface area (Å²) in [5.41, 5.74) is 7.07. The van der Waals surface area contributed by atoms with Crippen LogP contribution in [0.2, 0.25) is 0 Å². The van der Waals surface area contributed by atoms with E-state index in [9.17, 15) is 4.79 Å². The Kier molecular flexibility index (Phi) is 3.48. The molecule has 1 aliphatic heterocycles. The van der Waals surface area contributed by atoms with Crippen molar-refractivity contribution in [2.24, 2.45) is 11.7 Å². The van der Waals surface area contributed by atoms with Crippen molar-refractivity contribution >= 4 is 5.91 Å². The molecule has 3 nitrogen and oxygen atoms in total. The number of carbonyl (C=O) groups excluding carboxylic acids is 1. The van der Waals surface area contributed by atoms with Crippen LogP contribution in [0.5, 0.6) is 0 Å². The van der Waals surface area contributed by atoms with E-state index in [2.05, 4.69) is 19.1 Å². The molecule has 0 unspecified atom stereocenters. The number of rotatable bonds is 3. The molecular weight excluding hydrogens is 212 g/mol. The molecule has 0 radical (unpaired) electrons. The van der Waals surface area contributed by atoms with E-state index in [1.807, 2.05) is 30.0 Å². The lowest BCUT2D eigenvalue weighted by atomic mass is 10.0. The lowest BCUT2D eigenvalue weighted by Crippen LogP contribution is -2.32. The first-order chi connectivity index (χ1) is 8.09. The first-order valence-corrected chi connectivity index (χ1v) is 6.19. The molecule has 92 valence electrons. The summed E-state index contributed by atoms with van der Waals surface area (Å²) in [5, 5.41) is 0. The van der Waals surface area contributed by atoms with Gasteiger partial charge in [-0.3, -0.25) is 4.79 Å². The van der Waals surface area contributed by atoms with E-state index in [0.717, 1.165) is 6.54 Å². The summed E-state index contributed by atoms with van der Waals surface area (Å²) in [5.74, 6) is 0.525. The lowest BCUT2D eigenvalue weighted by molar-refractivity contribution is -0.129. The molecule has 0 saturated carbocycles. The third kappa shape index (κ3) is 2.50. The van der Waals surface area contributed by atoms with Gasteiger partial charge < -0.3 is 10.6 Å². The van der Waals surface area contributed by atoms with Gasteiger partial charge in [0.15, 0.2) is 0 Å². The van der Waals surface area contributed by atoms with Gasteiger partial charge in [0.05, 0.1) is 6.04 Å². The first kappa shape index (κ1) is 12.1. The minimum absolute atomic E-state index is 0.0897. The molecule has 0 aliphatic carbocycles. The van der Waals surface area contributed by atoms with Crippen molar-refractivity contribution in [2.75, 3.05) is 6.54 Å². The highest BCUT2D eigenvalue weighted by atomic mass is 16.2. The van der Waals surface area contributed by atoms with Crippen LogP contribution in [0.25, 0.3) is 0 Å². The Hall–Kier alpha value is -1.35. The summed E-state index contributed by atoms with van der Waals surface area (Å²) in [4.78, 5) is 13.9. The molecule has 0 spiro atoms. The topological polar surface area (TPSA) is 46.3 Å². The van der Waals surface area contributed by atoms with Gasteiger partial charge in [-0.15, -0.1) is 0 Å². The van der Waals surface area contributed by atoms with Crippen molar-refractivity contribution in [2.45, 2.75) is 32.4 Å². The molecule has 1 saturated heterocycles. The van der Waals surface area contributed by atoms with Crippen LogP contribution in [0.4, 0.5) is 0 Å². The molecule has 1 aromatic rings. The molecule has 1 fully saturated rings. The zero-order valence-electron chi connectivity index (χ0n) is 10.5. The van der Waals surface area contributed by atoms with Crippen molar-refractivity contribution in [3.05, 3.63) is 35.9 Å². The van der Waals surface area contributed by atoms with Crippen LogP contribution < -0.4 is 5.73 Å². The fourth-order valence-electron chi connectivity index (χ4n) is 2.40. The fraction of sp³-hybridized carbons (Fsp3) is 0.500. The second-order valence-corrected chi connectivity index (χ2v) is 4.96. The van der Waals surface area contributed by atoms with Gasteiger partial charge in [0.25, 0.3) is 0 Å². The zero-order valence-corrected chi connectivity index (χ0v) is 10.5. The Labute approximate surface area is 103 Å². The highest BCUT2D eigenvalue weighted by Crippen LogP contribution is 2.29. The Morgan fingerprint density at radius 1 is 1.29 bits per heavy atom. The summed E-state index contributed by atoms with van der Waals surface area (Å²) in [6.45, 7) is 4.85. The van der Waals surface area contributed by atoms with E-state index in [4.69, 9.17) is 5.73 Å². The number of amides is 1. The minimum Gasteiger partial charge on any atom is -0.336 e. The lowest BCUT2D eigenvalue weighted by Gasteiger charge is -2.25. The van der Waals surface area contributed by atoms with Crippen LogP contribution in [0, 0.1) is 5.92 Å². The third-order valence-corrected chi connectivity index (χ3v) is 3.68. The molecule has 1 heterocycles. The summed E-state index contributed by atoms with van der Waals surface area (Å²) < 4.78 is 0. The van der Waals surface area contributed by atoms with Gasteiger partial charge in [0, 0.05) is 24.9 Å². The van der Waals surface area contributed by atoms with Gasteiger partial charge in [0.1, 0.15) is 0 Å². The normalized spacial score (nSPS) is 23.8. The number of hydrogen-bond donors (Lipinski definition) is 1. The largest absolute Gasteiger partial charge is 0.336 e. The summed E-state index contributed by atoms with van der Waals surface area (Å²) >= 11 is 0. The Morgan fingerprint density at radius 2 is 1.94 bits per heavy atom. The molecular formula is C14H20N2O. The minimum atomic E-state index is 0.0897. The van der Waals surface area contributed by atoms with Gasteiger partial charge in [-0.25, -0.2) is 0 Å². The average Bonchev–Trinajstić information content (AvgIpc) is 2.72. The van der Waals surface area contributed by atoms with Gasteiger partial charge in [-0.1, -0.05) is 30.3 Å². The maximum Gasteiger partial charge on any atom is 0.223 e. The SMILES string of the molecule is C[C@H](c1ccccc1)N1C[C@@H]([C@@H](C)N)CC1=O. The first-order valence-electron chi connectivity index (χ1n) is 6.19. The van der Waals surface area contributed by atoms with E-state index >= 15 is 0 Å². The van der Waals surface area contributed by atoms with Crippen LogP contribution in [-0.4, -0.2) is 23.4 Å². The standard InChI is InChI=1S/C14H20N2O/c1-10(15)13-8-14(17)16(9-13)11(2)12-6-4-3-5-7-12/h3-7,10-11,13H,8-9,15H2,1-2H3/t10-,11-,13+/m1/s1. The molecule has 0 aromatic heterocycles. The summed E-state index contributed by atoms with van der Waals surface area (Å²) in [7, 11) is 0. The van der Waals surface area contributed by atoms with Crippen molar-refractivity contribution in [3.8, 4) is 0 Å². The van der Waals surface area contributed by atoms with E-state index in [-0.39, 0.29) is 18.0 Å². The van der Waals surface area contributed by atoms with Crippen LogP contribution in [0.1, 0.15) is 31.9 Å². The molecule has 3 heteroatoms. The Morgan fingerprint density at radius 3 is 2.47 bits per heavy atom. The number of hydrogen-bond acceptors (Lipinski definition) is 2. The van der Waals surface area contributed by atoms with Gasteiger partial charge in [0.2, 0.25) is 5.91 Å². The highest BCUT2D eigenvalue weighted by molar-refractivity contribution is 5.79. The maximum absolute atomic E-state index is 12.0. The Bertz CT molecular complexity index is 388. The Balaban J connectivity index is 2.11. The quantitative estimate of drug-likeness (QED) is 0.865. The van der Waals surface area contributed by atoms with Gasteiger partial charge >= 0.3 is 0 Å². The molecule has 17 heavy (non-hydrogen) atoms. The summed E-state index contributed by atoms with van der Waals surface area (Å²) in [6, 6.07) is 10.4. The predicted molar refractivity (Wildman–Crippen MR) is 68.3 cm³/mol. The number of nitrogens with two attached hydrogens (primary N) is 1. The smallest absolute Gasteiger partial charge is 0.223 e. The predicted octanol–water partition coefficient (Wildman–Crippen LogP) is 1.94. The fourth-order valence-corrected chi connectivity index (χ4v) is 2.40. The number of likely N-dealkylation sites (tertiary alicyclic amines) is 1. The zero-order chi connectivity index (χ0) is 12.4. The molecule has 1 aliphatic rings. The van der Waals surface area contributed by atoms with Crippen LogP contribution in [-0.2, 0) is 4.79 Å². The second-order valence-electron chi connectivity index (χ2n) is 4.96. The molecule has 1 amide bonds. The highest BCUT2D eigenvalue weighted by Gasteiger charge is 2.34.